The van der Waals surface area contributed by atoms with E-state index in [1.165, 1.54) is 12.8 Å². The molecule has 0 aromatic carbocycles. The summed E-state index contributed by atoms with van der Waals surface area (Å²) < 4.78 is 0. The first-order chi connectivity index (χ1) is 5.03. The van der Waals surface area contributed by atoms with Crippen LogP contribution in [0.5, 0.6) is 0 Å². The van der Waals surface area contributed by atoms with Gasteiger partial charge in [0.15, 0.2) is 0 Å². The molecule has 3 fully saturated rings. The molecule has 3 unspecified atom stereocenters. The second kappa shape index (κ2) is 2.02. The molecule has 11 heavy (non-hydrogen) atoms. The monoisotopic (exact) mass is 152 g/mol. The molecule has 2 bridgehead atoms. The Hall–Kier alpha value is 0. The summed E-state index contributed by atoms with van der Waals surface area (Å²) in [7, 11) is 0. The van der Waals surface area contributed by atoms with Crippen molar-refractivity contribution < 1.29 is 0 Å². The highest BCUT2D eigenvalue weighted by molar-refractivity contribution is 5.03. The Morgan fingerprint density at radius 1 is 1.09 bits per heavy atom. The van der Waals surface area contributed by atoms with Gasteiger partial charge in [0.1, 0.15) is 0 Å². The van der Waals surface area contributed by atoms with Crippen LogP contribution in [0.4, 0.5) is 0 Å². The van der Waals surface area contributed by atoms with Crippen molar-refractivity contribution in [2.24, 2.45) is 29.1 Å². The van der Waals surface area contributed by atoms with Gasteiger partial charge in [0.05, 0.1) is 0 Å². The first kappa shape index (κ1) is 7.64. The minimum absolute atomic E-state index is 0.686. The van der Waals surface area contributed by atoms with Gasteiger partial charge in [-0.15, -0.1) is 0 Å². The zero-order valence-corrected chi connectivity index (χ0v) is 8.22. The van der Waals surface area contributed by atoms with Crippen LogP contribution >= 0.6 is 0 Å². The fourth-order valence-corrected chi connectivity index (χ4v) is 3.41. The Morgan fingerprint density at radius 3 is 2.09 bits per heavy atom. The van der Waals surface area contributed by atoms with E-state index in [0.717, 1.165) is 23.7 Å². The van der Waals surface area contributed by atoms with Gasteiger partial charge < -0.3 is 0 Å². The average molecular weight is 152 g/mol. The molecule has 0 aliphatic heterocycles. The summed E-state index contributed by atoms with van der Waals surface area (Å²) in [6.07, 6.45) is 3.02. The first-order valence-electron chi connectivity index (χ1n) is 5.03. The molecule has 0 radical (unpaired) electrons. The smallest absolute Gasteiger partial charge is 0.0295 e. The molecule has 0 spiro atoms. The van der Waals surface area contributed by atoms with Crippen LogP contribution in [-0.2, 0) is 0 Å². The molecule has 0 nitrogen and oxygen atoms in total. The molecule has 64 valence electrons. The predicted molar refractivity (Wildman–Crippen MR) is 48.3 cm³/mol. The summed E-state index contributed by atoms with van der Waals surface area (Å²) in [6, 6.07) is 0. The summed E-state index contributed by atoms with van der Waals surface area (Å²) in [5.41, 5.74) is 0.686. The van der Waals surface area contributed by atoms with Crippen molar-refractivity contribution in [1.29, 1.82) is 0 Å². The van der Waals surface area contributed by atoms with Crippen LogP contribution in [0.2, 0.25) is 0 Å². The van der Waals surface area contributed by atoms with Gasteiger partial charge >= 0.3 is 0 Å². The van der Waals surface area contributed by atoms with Gasteiger partial charge in [-0.05, 0) is 41.9 Å². The van der Waals surface area contributed by atoms with E-state index in [2.05, 4.69) is 27.7 Å². The quantitative estimate of drug-likeness (QED) is 0.499. The van der Waals surface area contributed by atoms with E-state index >= 15 is 0 Å². The summed E-state index contributed by atoms with van der Waals surface area (Å²) >= 11 is 0. The van der Waals surface area contributed by atoms with E-state index in [0.29, 0.717) is 5.41 Å². The predicted octanol–water partition coefficient (Wildman–Crippen LogP) is 3.32. The molecular weight excluding hydrogens is 132 g/mol. The summed E-state index contributed by atoms with van der Waals surface area (Å²) in [5.74, 6) is 4.07. The lowest BCUT2D eigenvalue weighted by atomic mass is 9.44. The Balaban J connectivity index is 2.17. The average Bonchev–Trinajstić information content (AvgIpc) is 1.93. The van der Waals surface area contributed by atoms with Crippen LogP contribution in [0.15, 0.2) is 0 Å². The maximum absolute atomic E-state index is 2.47. The highest BCUT2D eigenvalue weighted by Gasteiger charge is 2.54. The van der Waals surface area contributed by atoms with Crippen LogP contribution in [0.25, 0.3) is 0 Å². The van der Waals surface area contributed by atoms with Gasteiger partial charge in [-0.1, -0.05) is 27.7 Å². The van der Waals surface area contributed by atoms with Crippen LogP contribution in [0, 0.1) is 29.1 Å². The van der Waals surface area contributed by atoms with E-state index in [-0.39, 0.29) is 0 Å². The maximum atomic E-state index is 2.47. The lowest BCUT2D eigenvalue weighted by molar-refractivity contribution is -0.124. The number of rotatable bonds is 0. The van der Waals surface area contributed by atoms with Gasteiger partial charge in [-0.25, -0.2) is 0 Å². The fraction of sp³-hybridized carbons (Fsp3) is 1.00. The van der Waals surface area contributed by atoms with Gasteiger partial charge in [0.2, 0.25) is 0 Å². The van der Waals surface area contributed by atoms with Crippen molar-refractivity contribution in [3.8, 4) is 0 Å². The zero-order valence-electron chi connectivity index (χ0n) is 8.22. The summed E-state index contributed by atoms with van der Waals surface area (Å²) in [5, 5.41) is 0. The molecule has 0 aromatic heterocycles. The van der Waals surface area contributed by atoms with Gasteiger partial charge in [-0.2, -0.15) is 0 Å². The zero-order chi connectivity index (χ0) is 8.22. The standard InChI is InChI=1S/C11H20/c1-7-5-9-6-10(8(7)2)11(9,3)4/h7-10H,5-6H2,1-4H3/t7-,8?,9?,10?/m1/s1. The molecule has 0 amide bonds. The normalized spacial score (nSPS) is 53.5. The van der Waals surface area contributed by atoms with E-state index in [4.69, 9.17) is 0 Å². The third-order valence-electron chi connectivity index (χ3n) is 4.73. The highest BCUT2D eigenvalue weighted by atomic mass is 14.6. The lowest BCUT2D eigenvalue weighted by Crippen LogP contribution is -2.54. The van der Waals surface area contributed by atoms with Crippen molar-refractivity contribution in [3.05, 3.63) is 0 Å². The van der Waals surface area contributed by atoms with Crippen LogP contribution in [0.3, 0.4) is 0 Å². The molecular formula is C11H20. The van der Waals surface area contributed by atoms with Crippen LogP contribution in [0.1, 0.15) is 40.5 Å². The van der Waals surface area contributed by atoms with Gasteiger partial charge in [0.25, 0.3) is 0 Å². The number of fused-ring (bicyclic) bond motifs is 2. The number of hydrogen-bond acceptors (Lipinski definition) is 0. The maximum Gasteiger partial charge on any atom is -0.0295 e. The van der Waals surface area contributed by atoms with E-state index < -0.39 is 0 Å². The van der Waals surface area contributed by atoms with Crippen molar-refractivity contribution in [2.75, 3.05) is 0 Å². The Morgan fingerprint density at radius 2 is 1.73 bits per heavy atom. The molecule has 3 rings (SSSR count). The molecule has 0 N–H and O–H groups in total. The minimum atomic E-state index is 0.686. The molecule has 0 heterocycles. The van der Waals surface area contributed by atoms with Crippen LogP contribution in [-0.4, -0.2) is 0 Å². The van der Waals surface area contributed by atoms with Gasteiger partial charge in [-0.3, -0.25) is 0 Å². The van der Waals surface area contributed by atoms with E-state index in [1.807, 2.05) is 0 Å². The molecule has 0 saturated heterocycles. The van der Waals surface area contributed by atoms with Crippen LogP contribution < -0.4 is 0 Å². The third kappa shape index (κ3) is 0.816. The van der Waals surface area contributed by atoms with E-state index in [9.17, 15) is 0 Å². The molecule has 0 aromatic rings. The largest absolute Gasteiger partial charge is 0.0622 e. The first-order valence-corrected chi connectivity index (χ1v) is 5.03. The minimum Gasteiger partial charge on any atom is -0.0622 e. The number of hydrogen-bond donors (Lipinski definition) is 0. The summed E-state index contributed by atoms with van der Waals surface area (Å²) in [6.45, 7) is 9.81. The SMILES string of the molecule is CC1C2CC(C[C@H]1C)C2(C)C. The second-order valence-electron chi connectivity index (χ2n) is 5.43. The topological polar surface area (TPSA) is 0 Å². The molecule has 3 saturated carbocycles. The van der Waals surface area contributed by atoms with Crippen molar-refractivity contribution in [1.82, 2.24) is 0 Å². The fourth-order valence-electron chi connectivity index (χ4n) is 3.41. The molecule has 4 atom stereocenters. The van der Waals surface area contributed by atoms with E-state index in [1.54, 1.807) is 0 Å². The van der Waals surface area contributed by atoms with Crippen molar-refractivity contribution >= 4 is 0 Å². The highest BCUT2D eigenvalue weighted by Crippen LogP contribution is 2.62. The van der Waals surface area contributed by atoms with Gasteiger partial charge in [0, 0.05) is 0 Å². The second-order valence-corrected chi connectivity index (χ2v) is 5.43. The third-order valence-corrected chi connectivity index (χ3v) is 4.73. The Labute approximate surface area is 70.4 Å². The van der Waals surface area contributed by atoms with Crippen molar-refractivity contribution in [3.63, 3.8) is 0 Å². The molecule has 0 heteroatoms. The summed E-state index contributed by atoms with van der Waals surface area (Å²) in [4.78, 5) is 0. The molecule has 3 aliphatic carbocycles. The van der Waals surface area contributed by atoms with Crippen molar-refractivity contribution in [2.45, 2.75) is 40.5 Å². The lowest BCUT2D eigenvalue weighted by Gasteiger charge is -2.61. The molecule has 3 aliphatic rings. The Kier molecular flexibility index (Phi) is 1.41. The Bertz CT molecular complexity index is 169.